The number of nitrogens with one attached hydrogen (secondary N) is 2. The van der Waals surface area contributed by atoms with Crippen LogP contribution in [0.1, 0.15) is 32.0 Å². The zero-order chi connectivity index (χ0) is 20.1. The third-order valence-corrected chi connectivity index (χ3v) is 4.19. The summed E-state index contributed by atoms with van der Waals surface area (Å²) < 4.78 is 0. The zero-order valence-corrected chi connectivity index (χ0v) is 15.6. The van der Waals surface area contributed by atoms with Gasteiger partial charge in [0.15, 0.2) is 0 Å². The van der Waals surface area contributed by atoms with Crippen LogP contribution < -0.4 is 10.6 Å². The molecule has 0 aliphatic rings. The maximum Gasteiger partial charge on any atom is 0.274 e. The van der Waals surface area contributed by atoms with Crippen molar-refractivity contribution < 1.29 is 9.59 Å². The summed E-state index contributed by atoms with van der Waals surface area (Å²) in [6.07, 6.45) is 1.39. The topological polar surface area (TPSA) is 94.9 Å². The van der Waals surface area contributed by atoms with E-state index in [9.17, 15) is 9.59 Å². The summed E-state index contributed by atoms with van der Waals surface area (Å²) >= 11 is 5.97. The van der Waals surface area contributed by atoms with Gasteiger partial charge in [-0.05, 0) is 55.0 Å². The zero-order valence-electron chi connectivity index (χ0n) is 14.9. The number of nitriles is 1. The third-order valence-electron chi connectivity index (χ3n) is 3.95. The predicted molar refractivity (Wildman–Crippen MR) is 107 cm³/mol. The number of hydrogen-bond donors (Lipinski definition) is 2. The van der Waals surface area contributed by atoms with Gasteiger partial charge in [-0.3, -0.25) is 14.6 Å². The van der Waals surface area contributed by atoms with Gasteiger partial charge in [0.25, 0.3) is 11.8 Å². The fraction of sp³-hybridized carbons (Fsp3) is 0.0476. The van der Waals surface area contributed by atoms with E-state index in [1.54, 1.807) is 42.5 Å². The molecule has 3 rings (SSSR count). The van der Waals surface area contributed by atoms with Gasteiger partial charge in [0.1, 0.15) is 5.69 Å². The van der Waals surface area contributed by atoms with E-state index in [-0.39, 0.29) is 11.3 Å². The number of rotatable bonds is 4. The van der Waals surface area contributed by atoms with Crippen LogP contribution in [-0.4, -0.2) is 16.8 Å². The molecule has 3 aromatic rings. The molecule has 0 bridgehead atoms. The van der Waals surface area contributed by atoms with Crippen molar-refractivity contribution in [2.45, 2.75) is 6.92 Å². The summed E-state index contributed by atoms with van der Waals surface area (Å²) in [6.45, 7) is 1.85. The monoisotopic (exact) mass is 390 g/mol. The normalized spacial score (nSPS) is 10.0. The first-order valence-electron chi connectivity index (χ1n) is 8.31. The smallest absolute Gasteiger partial charge is 0.274 e. The lowest BCUT2D eigenvalue weighted by molar-refractivity contribution is 0.102. The van der Waals surface area contributed by atoms with Gasteiger partial charge in [0.05, 0.1) is 11.6 Å². The Morgan fingerprint density at radius 2 is 1.86 bits per heavy atom. The van der Waals surface area contributed by atoms with E-state index < -0.39 is 11.8 Å². The summed E-state index contributed by atoms with van der Waals surface area (Å²) in [6, 6.07) is 16.6. The Morgan fingerprint density at radius 3 is 2.64 bits per heavy atom. The van der Waals surface area contributed by atoms with E-state index in [0.29, 0.717) is 22.0 Å². The SMILES string of the molecule is Cc1ccc(Cl)cc1NC(=O)c1cc(C(=O)Nc2cccc(C#N)c2)ccn1. The van der Waals surface area contributed by atoms with Gasteiger partial charge >= 0.3 is 0 Å². The molecular formula is C21H15ClN4O2. The van der Waals surface area contributed by atoms with Crippen LogP contribution in [0.2, 0.25) is 5.02 Å². The fourth-order valence-corrected chi connectivity index (χ4v) is 2.65. The Morgan fingerprint density at radius 1 is 1.04 bits per heavy atom. The first-order chi connectivity index (χ1) is 13.5. The highest BCUT2D eigenvalue weighted by molar-refractivity contribution is 6.31. The van der Waals surface area contributed by atoms with E-state index in [1.165, 1.54) is 18.3 Å². The number of nitrogens with zero attached hydrogens (tertiary/aromatic N) is 2. The average Bonchev–Trinajstić information content (AvgIpc) is 2.71. The number of anilines is 2. The van der Waals surface area contributed by atoms with Gasteiger partial charge in [-0.25, -0.2) is 0 Å². The standard InChI is InChI=1S/C21H15ClN4O2/c1-13-5-6-16(22)11-18(13)26-21(28)19-10-15(7-8-24-19)20(27)25-17-4-2-3-14(9-17)12-23/h2-11H,1H3,(H,25,27)(H,26,28). The molecule has 28 heavy (non-hydrogen) atoms. The molecular weight excluding hydrogens is 376 g/mol. The molecule has 7 heteroatoms. The van der Waals surface area contributed by atoms with Crippen LogP contribution in [-0.2, 0) is 0 Å². The number of pyridine rings is 1. The molecule has 2 N–H and O–H groups in total. The minimum absolute atomic E-state index is 0.0952. The highest BCUT2D eigenvalue weighted by atomic mass is 35.5. The van der Waals surface area contributed by atoms with Crippen molar-refractivity contribution in [2.24, 2.45) is 0 Å². The first-order valence-corrected chi connectivity index (χ1v) is 8.69. The molecule has 2 amide bonds. The van der Waals surface area contributed by atoms with Crippen LogP contribution in [0, 0.1) is 18.3 Å². The molecule has 0 aliphatic carbocycles. The van der Waals surface area contributed by atoms with Gasteiger partial charge in [-0.2, -0.15) is 5.26 Å². The maximum absolute atomic E-state index is 12.5. The summed E-state index contributed by atoms with van der Waals surface area (Å²) in [5.41, 5.74) is 2.71. The summed E-state index contributed by atoms with van der Waals surface area (Å²) in [5.74, 6) is -0.864. The highest BCUT2D eigenvalue weighted by Crippen LogP contribution is 2.21. The van der Waals surface area contributed by atoms with Crippen LogP contribution in [0.3, 0.4) is 0 Å². The molecule has 1 heterocycles. The predicted octanol–water partition coefficient (Wildman–Crippen LogP) is 4.42. The van der Waals surface area contributed by atoms with Gasteiger partial charge < -0.3 is 10.6 Å². The molecule has 2 aromatic carbocycles. The second kappa shape index (κ2) is 8.33. The van der Waals surface area contributed by atoms with Crippen molar-refractivity contribution in [1.29, 1.82) is 5.26 Å². The first kappa shape index (κ1) is 19.1. The van der Waals surface area contributed by atoms with E-state index in [4.69, 9.17) is 16.9 Å². The molecule has 0 spiro atoms. The summed E-state index contributed by atoms with van der Waals surface area (Å²) in [5, 5.41) is 14.9. The van der Waals surface area contributed by atoms with Gasteiger partial charge in [0.2, 0.25) is 0 Å². The van der Waals surface area contributed by atoms with Crippen molar-refractivity contribution in [3.8, 4) is 6.07 Å². The molecule has 0 radical (unpaired) electrons. The molecule has 0 fully saturated rings. The summed E-state index contributed by atoms with van der Waals surface area (Å²) in [4.78, 5) is 29.0. The lowest BCUT2D eigenvalue weighted by Crippen LogP contribution is -2.17. The number of hydrogen-bond acceptors (Lipinski definition) is 4. The Hall–Kier alpha value is -3.69. The average molecular weight is 391 g/mol. The second-order valence-electron chi connectivity index (χ2n) is 5.99. The van der Waals surface area contributed by atoms with Crippen molar-refractivity contribution >= 4 is 34.8 Å². The molecule has 0 aliphatic heterocycles. The van der Waals surface area contributed by atoms with E-state index in [2.05, 4.69) is 15.6 Å². The van der Waals surface area contributed by atoms with E-state index >= 15 is 0 Å². The van der Waals surface area contributed by atoms with Crippen molar-refractivity contribution in [3.05, 3.63) is 88.2 Å². The number of benzene rings is 2. The maximum atomic E-state index is 12.5. The molecule has 138 valence electrons. The Labute approximate surface area is 166 Å². The van der Waals surface area contributed by atoms with E-state index in [0.717, 1.165) is 5.56 Å². The van der Waals surface area contributed by atoms with Gasteiger partial charge in [-0.15, -0.1) is 0 Å². The van der Waals surface area contributed by atoms with Crippen molar-refractivity contribution in [2.75, 3.05) is 10.6 Å². The molecule has 0 saturated carbocycles. The van der Waals surface area contributed by atoms with Crippen molar-refractivity contribution in [1.82, 2.24) is 4.98 Å². The Bertz CT molecular complexity index is 1110. The molecule has 6 nitrogen and oxygen atoms in total. The second-order valence-corrected chi connectivity index (χ2v) is 6.43. The lowest BCUT2D eigenvalue weighted by atomic mass is 10.1. The minimum atomic E-state index is -0.452. The van der Waals surface area contributed by atoms with E-state index in [1.807, 2.05) is 13.0 Å². The van der Waals surface area contributed by atoms with Crippen LogP contribution in [0.4, 0.5) is 11.4 Å². The van der Waals surface area contributed by atoms with Crippen LogP contribution >= 0.6 is 11.6 Å². The Kier molecular flexibility index (Phi) is 5.68. The van der Waals surface area contributed by atoms with Gasteiger partial charge in [0, 0.05) is 28.2 Å². The number of carbonyl (C=O) groups excluding carboxylic acids is 2. The third kappa shape index (κ3) is 4.53. The van der Waals surface area contributed by atoms with Gasteiger partial charge in [-0.1, -0.05) is 23.7 Å². The largest absolute Gasteiger partial charge is 0.322 e. The quantitative estimate of drug-likeness (QED) is 0.689. The molecule has 1 aromatic heterocycles. The number of carbonyl (C=O) groups is 2. The summed E-state index contributed by atoms with van der Waals surface area (Å²) in [7, 11) is 0. The molecule has 0 saturated heterocycles. The van der Waals surface area contributed by atoms with Crippen LogP contribution in [0.5, 0.6) is 0 Å². The highest BCUT2D eigenvalue weighted by Gasteiger charge is 2.13. The van der Waals surface area contributed by atoms with Crippen molar-refractivity contribution in [3.63, 3.8) is 0 Å². The fourth-order valence-electron chi connectivity index (χ4n) is 2.48. The van der Waals surface area contributed by atoms with Crippen LogP contribution in [0.15, 0.2) is 60.8 Å². The number of aryl methyl sites for hydroxylation is 1. The minimum Gasteiger partial charge on any atom is -0.322 e. The Balaban J connectivity index is 1.77. The molecule has 0 atom stereocenters. The van der Waals surface area contributed by atoms with Crippen LogP contribution in [0.25, 0.3) is 0 Å². The number of halogens is 1. The lowest BCUT2D eigenvalue weighted by Gasteiger charge is -2.09. The molecule has 0 unspecified atom stereocenters. The number of amides is 2. The number of aromatic nitrogens is 1.